The number of rotatable bonds is 2. The number of carboxylic acid groups (broad SMARTS) is 1. The maximum absolute atomic E-state index is 13.7. The van der Waals surface area contributed by atoms with Gasteiger partial charge in [0.25, 0.3) is 0 Å². The van der Waals surface area contributed by atoms with E-state index >= 15 is 0 Å². The van der Waals surface area contributed by atoms with Gasteiger partial charge in [-0.15, -0.1) is 0 Å². The van der Waals surface area contributed by atoms with Crippen molar-refractivity contribution in [2.75, 3.05) is 5.73 Å². The number of carbonyl (C=O) groups is 1. The zero-order chi connectivity index (χ0) is 14.8. The first-order chi connectivity index (χ1) is 8.51. The van der Waals surface area contributed by atoms with Crippen molar-refractivity contribution in [2.45, 2.75) is 33.1 Å². The molecule has 0 spiro atoms. The molecule has 0 radical (unpaired) electrons. The lowest BCUT2D eigenvalue weighted by Gasteiger charge is -2.20. The average Bonchev–Trinajstić information content (AvgIpc) is 2.60. The van der Waals surface area contributed by atoms with Crippen molar-refractivity contribution in [3.8, 4) is 0 Å². The summed E-state index contributed by atoms with van der Waals surface area (Å²) in [4.78, 5) is 11.9. The molecule has 1 aromatic rings. The first-order valence-corrected chi connectivity index (χ1v) is 6.79. The molecular formula is C14H17BrFNO2. The topological polar surface area (TPSA) is 63.3 Å². The second-order valence-electron chi connectivity index (χ2n) is 6.15. The van der Waals surface area contributed by atoms with E-state index in [0.717, 1.165) is 0 Å². The fourth-order valence-corrected chi connectivity index (χ4v) is 3.96. The zero-order valence-electron chi connectivity index (χ0n) is 11.3. The first kappa shape index (κ1) is 14.3. The third-order valence-corrected chi connectivity index (χ3v) is 5.85. The van der Waals surface area contributed by atoms with E-state index in [2.05, 4.69) is 15.9 Å². The van der Waals surface area contributed by atoms with E-state index in [4.69, 9.17) is 5.73 Å². The molecule has 1 aliphatic rings. The fraction of sp³-hybridized carbons (Fsp3) is 0.500. The minimum absolute atomic E-state index is 0.294. The molecule has 1 aromatic carbocycles. The Kier molecular flexibility index (Phi) is 2.80. The molecule has 1 saturated carbocycles. The summed E-state index contributed by atoms with van der Waals surface area (Å²) in [5, 5.41) is 9.74. The number of hydrogen-bond acceptors (Lipinski definition) is 2. The highest BCUT2D eigenvalue weighted by atomic mass is 79.9. The van der Waals surface area contributed by atoms with Crippen molar-refractivity contribution in [3.63, 3.8) is 0 Å². The summed E-state index contributed by atoms with van der Waals surface area (Å²) in [6, 6.07) is 2.49. The maximum Gasteiger partial charge on any atom is 0.315 e. The number of hydrogen-bond donors (Lipinski definition) is 2. The van der Waals surface area contributed by atoms with Crippen LogP contribution < -0.4 is 5.73 Å². The quantitative estimate of drug-likeness (QED) is 0.815. The lowest BCUT2D eigenvalue weighted by molar-refractivity contribution is -0.141. The minimum Gasteiger partial charge on any atom is -0.481 e. The van der Waals surface area contributed by atoms with Crippen molar-refractivity contribution in [1.29, 1.82) is 0 Å². The molecule has 5 heteroatoms. The zero-order valence-corrected chi connectivity index (χ0v) is 12.9. The normalized spacial score (nSPS) is 22.0. The Morgan fingerprint density at radius 1 is 1.26 bits per heavy atom. The monoisotopic (exact) mass is 329 g/mol. The molecule has 1 fully saturated rings. The third-order valence-electron chi connectivity index (χ3n) is 5.19. The molecule has 1 aliphatic carbocycles. The molecule has 0 aliphatic heterocycles. The van der Waals surface area contributed by atoms with E-state index in [1.165, 1.54) is 12.1 Å². The summed E-state index contributed by atoms with van der Waals surface area (Å²) in [5.41, 5.74) is 4.44. The number of anilines is 1. The molecule has 3 nitrogen and oxygen atoms in total. The van der Waals surface area contributed by atoms with E-state index in [0.29, 0.717) is 15.7 Å². The Hall–Kier alpha value is -1.10. The number of aliphatic carboxylic acids is 1. The lowest BCUT2D eigenvalue weighted by atomic mass is 9.85. The Balaban J connectivity index is 2.80. The van der Waals surface area contributed by atoms with Gasteiger partial charge < -0.3 is 10.8 Å². The average molecular weight is 330 g/mol. The van der Waals surface area contributed by atoms with Gasteiger partial charge in [0, 0.05) is 4.47 Å². The number of halogens is 2. The summed E-state index contributed by atoms with van der Waals surface area (Å²) in [6.45, 7) is 7.50. The molecule has 0 aromatic heterocycles. The van der Waals surface area contributed by atoms with Crippen LogP contribution in [0.5, 0.6) is 0 Å². The van der Waals surface area contributed by atoms with Gasteiger partial charge in [0.1, 0.15) is 11.2 Å². The Bertz CT molecular complexity index is 567. The number of benzene rings is 1. The summed E-state index contributed by atoms with van der Waals surface area (Å²) in [6.07, 6.45) is 0. The SMILES string of the molecule is CC1(C)C(C)(C)C1(C(=O)O)c1cc(F)cc(Br)c1N. The number of nitrogen functional groups attached to an aromatic ring is 1. The van der Waals surface area contributed by atoms with Crippen LogP contribution in [0.2, 0.25) is 0 Å². The summed E-state index contributed by atoms with van der Waals surface area (Å²) < 4.78 is 14.0. The molecule has 0 heterocycles. The van der Waals surface area contributed by atoms with Crippen LogP contribution in [0.4, 0.5) is 10.1 Å². The van der Waals surface area contributed by atoms with Gasteiger partial charge in [0.2, 0.25) is 0 Å². The number of carboxylic acids is 1. The molecule has 0 bridgehead atoms. The van der Waals surface area contributed by atoms with Gasteiger partial charge in [-0.1, -0.05) is 27.7 Å². The van der Waals surface area contributed by atoms with Gasteiger partial charge in [-0.2, -0.15) is 0 Å². The van der Waals surface area contributed by atoms with Crippen molar-refractivity contribution in [3.05, 3.63) is 28.0 Å². The van der Waals surface area contributed by atoms with E-state index in [9.17, 15) is 14.3 Å². The van der Waals surface area contributed by atoms with Crippen LogP contribution in [0.1, 0.15) is 33.3 Å². The lowest BCUT2D eigenvalue weighted by Crippen LogP contribution is -2.29. The third kappa shape index (κ3) is 1.39. The van der Waals surface area contributed by atoms with Crippen LogP contribution in [0, 0.1) is 16.6 Å². The number of nitrogens with two attached hydrogens (primary N) is 1. The van der Waals surface area contributed by atoms with Crippen LogP contribution in [-0.4, -0.2) is 11.1 Å². The van der Waals surface area contributed by atoms with Crippen LogP contribution in [0.15, 0.2) is 16.6 Å². The summed E-state index contributed by atoms with van der Waals surface area (Å²) >= 11 is 3.18. The van der Waals surface area contributed by atoms with E-state index < -0.39 is 28.0 Å². The van der Waals surface area contributed by atoms with Gasteiger partial charge in [0.05, 0.1) is 5.69 Å². The Labute approximate surface area is 120 Å². The second-order valence-corrected chi connectivity index (χ2v) is 7.01. The van der Waals surface area contributed by atoms with Crippen molar-refractivity contribution in [1.82, 2.24) is 0 Å². The van der Waals surface area contributed by atoms with Crippen LogP contribution in [0.25, 0.3) is 0 Å². The molecule has 104 valence electrons. The van der Waals surface area contributed by atoms with E-state index in [1.54, 1.807) is 0 Å². The smallest absolute Gasteiger partial charge is 0.315 e. The fourth-order valence-electron chi connectivity index (χ4n) is 3.53. The molecule has 0 unspecified atom stereocenters. The standard InChI is InChI=1S/C14H17BrFNO2/c1-12(2)13(3,4)14(12,11(18)19)8-5-7(16)6-9(15)10(8)17/h5-6H,17H2,1-4H3,(H,18,19). The van der Waals surface area contributed by atoms with Crippen LogP contribution in [0.3, 0.4) is 0 Å². The Morgan fingerprint density at radius 3 is 2.11 bits per heavy atom. The molecule has 2 rings (SSSR count). The molecule has 19 heavy (non-hydrogen) atoms. The largest absolute Gasteiger partial charge is 0.481 e. The van der Waals surface area contributed by atoms with Crippen molar-refractivity contribution >= 4 is 27.6 Å². The van der Waals surface area contributed by atoms with Crippen molar-refractivity contribution < 1.29 is 14.3 Å². The van der Waals surface area contributed by atoms with Gasteiger partial charge in [0.15, 0.2) is 0 Å². The predicted octanol–water partition coefficient (Wildman–Crippen LogP) is 3.56. The summed E-state index contributed by atoms with van der Waals surface area (Å²) in [7, 11) is 0. The first-order valence-electron chi connectivity index (χ1n) is 6.00. The minimum atomic E-state index is -1.17. The molecule has 3 N–H and O–H groups in total. The van der Waals surface area contributed by atoms with Crippen molar-refractivity contribution in [2.24, 2.45) is 10.8 Å². The maximum atomic E-state index is 13.7. The molecule has 0 amide bonds. The van der Waals surface area contributed by atoms with Gasteiger partial charge >= 0.3 is 5.97 Å². The predicted molar refractivity (Wildman–Crippen MR) is 75.4 cm³/mol. The highest BCUT2D eigenvalue weighted by molar-refractivity contribution is 9.10. The molecule has 0 atom stereocenters. The van der Waals surface area contributed by atoms with Crippen LogP contribution >= 0.6 is 15.9 Å². The van der Waals surface area contributed by atoms with Gasteiger partial charge in [-0.3, -0.25) is 4.79 Å². The molecular weight excluding hydrogens is 313 g/mol. The highest BCUT2D eigenvalue weighted by Gasteiger charge is 2.82. The van der Waals surface area contributed by atoms with Crippen LogP contribution in [-0.2, 0) is 10.2 Å². The Morgan fingerprint density at radius 2 is 1.74 bits per heavy atom. The van der Waals surface area contributed by atoms with E-state index in [-0.39, 0.29) is 0 Å². The van der Waals surface area contributed by atoms with Gasteiger partial charge in [-0.05, 0) is 44.5 Å². The molecule has 0 saturated heterocycles. The van der Waals surface area contributed by atoms with Gasteiger partial charge in [-0.25, -0.2) is 4.39 Å². The summed E-state index contributed by atoms with van der Waals surface area (Å²) in [5.74, 6) is -1.46. The van der Waals surface area contributed by atoms with E-state index in [1.807, 2.05) is 27.7 Å². The highest BCUT2D eigenvalue weighted by Crippen LogP contribution is 2.78. The second kappa shape index (κ2) is 3.72.